The quantitative estimate of drug-likeness (QED) is 0.835. The Bertz CT molecular complexity index is 898. The van der Waals surface area contributed by atoms with E-state index in [9.17, 15) is 8.42 Å². The van der Waals surface area contributed by atoms with Crippen LogP contribution in [0, 0.1) is 0 Å². The van der Waals surface area contributed by atoms with Crippen molar-refractivity contribution in [3.8, 4) is 5.75 Å². The van der Waals surface area contributed by atoms with Crippen LogP contribution in [-0.2, 0) is 22.9 Å². The van der Waals surface area contributed by atoms with Gasteiger partial charge < -0.3 is 4.74 Å². The van der Waals surface area contributed by atoms with Crippen LogP contribution >= 0.6 is 11.6 Å². The summed E-state index contributed by atoms with van der Waals surface area (Å²) in [6, 6.07) is 4.90. The first-order chi connectivity index (χ1) is 11.0. The van der Waals surface area contributed by atoms with Crippen LogP contribution in [-0.4, -0.2) is 26.1 Å². The van der Waals surface area contributed by atoms with Crippen molar-refractivity contribution >= 4 is 27.3 Å². The summed E-state index contributed by atoms with van der Waals surface area (Å²) in [4.78, 5) is 4.27. The lowest BCUT2D eigenvalue weighted by Gasteiger charge is -2.20. The number of benzene rings is 1. The fraction of sp³-hybridized carbons (Fsp3) is 0.312. The molecule has 1 atom stereocenters. The lowest BCUT2D eigenvalue weighted by atomic mass is 10.1. The molecule has 0 saturated carbocycles. The zero-order valence-electron chi connectivity index (χ0n) is 12.5. The molecular formula is C16H15ClN2O3S. The van der Waals surface area contributed by atoms with Gasteiger partial charge in [-0.1, -0.05) is 11.6 Å². The van der Waals surface area contributed by atoms with Crippen molar-refractivity contribution in [2.24, 2.45) is 0 Å². The predicted molar refractivity (Wildman–Crippen MR) is 87.7 cm³/mol. The molecule has 0 bridgehead atoms. The first-order valence-corrected chi connectivity index (χ1v) is 9.23. The second kappa shape index (κ2) is 5.11. The summed E-state index contributed by atoms with van der Waals surface area (Å²) in [6.45, 7) is 2.36. The monoisotopic (exact) mass is 350 g/mol. The Kier molecular flexibility index (Phi) is 3.28. The number of ether oxygens (including phenoxy) is 1. The van der Waals surface area contributed by atoms with Gasteiger partial charge >= 0.3 is 0 Å². The highest BCUT2D eigenvalue weighted by atomic mass is 35.5. The summed E-state index contributed by atoms with van der Waals surface area (Å²) in [6.07, 6.45) is 4.67. The Balaban J connectivity index is 1.79. The Morgan fingerprint density at radius 1 is 1.35 bits per heavy atom. The first kappa shape index (κ1) is 14.8. The van der Waals surface area contributed by atoms with Crippen LogP contribution in [0.15, 0.2) is 35.5 Å². The maximum absolute atomic E-state index is 13.0. The highest BCUT2D eigenvalue weighted by molar-refractivity contribution is 7.92. The van der Waals surface area contributed by atoms with Gasteiger partial charge in [0.2, 0.25) is 0 Å². The molecule has 1 aromatic carbocycles. The van der Waals surface area contributed by atoms with Crippen LogP contribution in [0.5, 0.6) is 5.75 Å². The molecule has 0 unspecified atom stereocenters. The summed E-state index contributed by atoms with van der Waals surface area (Å²) in [5.41, 5.74) is 2.49. The maximum Gasteiger partial charge on any atom is 0.264 e. The van der Waals surface area contributed by atoms with E-state index in [2.05, 4.69) is 4.98 Å². The van der Waals surface area contributed by atoms with Gasteiger partial charge in [-0.2, -0.15) is 0 Å². The molecule has 0 N–H and O–H groups in total. The smallest absolute Gasteiger partial charge is 0.264 e. The van der Waals surface area contributed by atoms with Gasteiger partial charge in [-0.15, -0.1) is 0 Å². The van der Waals surface area contributed by atoms with E-state index in [0.717, 1.165) is 11.1 Å². The van der Waals surface area contributed by atoms with Crippen molar-refractivity contribution in [3.05, 3.63) is 46.7 Å². The number of anilines is 1. The van der Waals surface area contributed by atoms with Gasteiger partial charge in [0.05, 0.1) is 15.6 Å². The maximum atomic E-state index is 13.0. The molecule has 2 aromatic rings. The minimum absolute atomic E-state index is 0.0130. The van der Waals surface area contributed by atoms with E-state index in [0.29, 0.717) is 35.8 Å². The summed E-state index contributed by atoms with van der Waals surface area (Å²) in [5.74, 6) is 0.601. The number of hydrogen-bond acceptors (Lipinski definition) is 4. The molecule has 0 radical (unpaired) electrons. The van der Waals surface area contributed by atoms with Crippen LogP contribution < -0.4 is 9.04 Å². The van der Waals surface area contributed by atoms with Gasteiger partial charge in [-0.25, -0.2) is 8.42 Å². The molecule has 0 spiro atoms. The van der Waals surface area contributed by atoms with E-state index >= 15 is 0 Å². The Morgan fingerprint density at radius 3 is 3.00 bits per heavy atom. The van der Waals surface area contributed by atoms with Crippen LogP contribution in [0.1, 0.15) is 18.1 Å². The first-order valence-electron chi connectivity index (χ1n) is 7.41. The van der Waals surface area contributed by atoms with E-state index in [4.69, 9.17) is 16.3 Å². The average Bonchev–Trinajstić information content (AvgIpc) is 3.10. The highest BCUT2D eigenvalue weighted by Crippen LogP contribution is 2.40. The minimum Gasteiger partial charge on any atom is -0.489 e. The van der Waals surface area contributed by atoms with E-state index < -0.39 is 10.0 Å². The minimum atomic E-state index is -3.65. The van der Waals surface area contributed by atoms with Crippen molar-refractivity contribution in [1.82, 2.24) is 4.98 Å². The molecule has 23 heavy (non-hydrogen) atoms. The number of aromatic nitrogens is 1. The molecule has 0 amide bonds. The highest BCUT2D eigenvalue weighted by Gasteiger charge is 2.33. The standard InChI is InChI=1S/C16H15ClN2O3S/c1-10-6-12-7-13(8-14(17)16(12)22-10)23(20,21)19-5-3-11-9-18-4-2-15(11)19/h2,4,7-10H,3,5-6H2,1H3/t10-/m0/s1. The third-order valence-electron chi connectivity index (χ3n) is 4.24. The fourth-order valence-corrected chi connectivity index (χ4v) is 5.11. The van der Waals surface area contributed by atoms with Gasteiger partial charge in [-0.05, 0) is 37.1 Å². The molecule has 0 fully saturated rings. The second-order valence-corrected chi connectivity index (χ2v) is 8.13. The largest absolute Gasteiger partial charge is 0.489 e. The zero-order valence-corrected chi connectivity index (χ0v) is 14.1. The molecule has 2 aliphatic heterocycles. The average molecular weight is 351 g/mol. The van der Waals surface area contributed by atoms with E-state index in [1.54, 1.807) is 24.5 Å². The Labute approximate surface area is 139 Å². The zero-order chi connectivity index (χ0) is 16.2. The van der Waals surface area contributed by atoms with Gasteiger partial charge in [-0.3, -0.25) is 9.29 Å². The van der Waals surface area contributed by atoms with Crippen molar-refractivity contribution in [2.75, 3.05) is 10.8 Å². The summed E-state index contributed by atoms with van der Waals surface area (Å²) in [5, 5.41) is 0.347. The van der Waals surface area contributed by atoms with Crippen molar-refractivity contribution < 1.29 is 13.2 Å². The number of halogens is 1. The molecule has 4 rings (SSSR count). The van der Waals surface area contributed by atoms with Gasteiger partial charge in [0.25, 0.3) is 10.0 Å². The Morgan fingerprint density at radius 2 is 2.17 bits per heavy atom. The van der Waals surface area contributed by atoms with Crippen LogP contribution in [0.2, 0.25) is 5.02 Å². The lowest BCUT2D eigenvalue weighted by Crippen LogP contribution is -2.29. The number of hydrogen-bond donors (Lipinski definition) is 0. The molecule has 120 valence electrons. The molecule has 3 heterocycles. The van der Waals surface area contributed by atoms with E-state index in [-0.39, 0.29) is 11.0 Å². The molecule has 2 aliphatic rings. The number of nitrogens with zero attached hydrogens (tertiary/aromatic N) is 2. The number of rotatable bonds is 2. The topological polar surface area (TPSA) is 59.5 Å². The third kappa shape index (κ3) is 2.28. The number of pyridine rings is 1. The molecule has 0 saturated heterocycles. The van der Waals surface area contributed by atoms with Gasteiger partial charge in [0.15, 0.2) is 0 Å². The summed E-state index contributed by atoms with van der Waals surface area (Å²) >= 11 is 6.24. The molecule has 7 heteroatoms. The van der Waals surface area contributed by atoms with Gasteiger partial charge in [0, 0.05) is 30.9 Å². The molecule has 5 nitrogen and oxygen atoms in total. The fourth-order valence-electron chi connectivity index (χ4n) is 3.18. The van der Waals surface area contributed by atoms with Crippen LogP contribution in [0.25, 0.3) is 0 Å². The van der Waals surface area contributed by atoms with Crippen LogP contribution in [0.4, 0.5) is 5.69 Å². The SMILES string of the molecule is C[C@H]1Cc2cc(S(=O)(=O)N3CCc4cnccc43)cc(Cl)c2O1. The van der Waals surface area contributed by atoms with Crippen molar-refractivity contribution in [3.63, 3.8) is 0 Å². The lowest BCUT2D eigenvalue weighted by molar-refractivity contribution is 0.255. The van der Waals surface area contributed by atoms with Crippen LogP contribution in [0.3, 0.4) is 0 Å². The van der Waals surface area contributed by atoms with Gasteiger partial charge in [0.1, 0.15) is 11.9 Å². The predicted octanol–water partition coefficient (Wildman–Crippen LogP) is 2.81. The number of sulfonamides is 1. The third-order valence-corrected chi connectivity index (χ3v) is 6.31. The van der Waals surface area contributed by atoms with Crippen molar-refractivity contribution in [1.29, 1.82) is 0 Å². The second-order valence-electron chi connectivity index (χ2n) is 5.86. The normalized spacial score (nSPS) is 19.4. The van der Waals surface area contributed by atoms with E-state index in [1.807, 2.05) is 6.92 Å². The molecular weight excluding hydrogens is 336 g/mol. The summed E-state index contributed by atoms with van der Waals surface area (Å²) < 4.78 is 33.1. The van der Waals surface area contributed by atoms with Crippen molar-refractivity contribution in [2.45, 2.75) is 30.8 Å². The molecule has 1 aromatic heterocycles. The summed E-state index contributed by atoms with van der Waals surface area (Å²) in [7, 11) is -3.65. The molecule has 0 aliphatic carbocycles. The van der Waals surface area contributed by atoms with E-state index in [1.165, 1.54) is 10.4 Å². The number of fused-ring (bicyclic) bond motifs is 2. The Hall–Kier alpha value is -1.79.